The van der Waals surface area contributed by atoms with E-state index >= 15 is 0 Å². The summed E-state index contributed by atoms with van der Waals surface area (Å²) in [7, 11) is 3.19. The van der Waals surface area contributed by atoms with Gasteiger partial charge in [0.15, 0.2) is 11.6 Å². The highest BCUT2D eigenvalue weighted by molar-refractivity contribution is 5.40. The van der Waals surface area contributed by atoms with Crippen LogP contribution < -0.4 is 14.8 Å². The first-order valence-electron chi connectivity index (χ1n) is 8.80. The Morgan fingerprint density at radius 1 is 1.04 bits per heavy atom. The SMILES string of the molecule is CCC(C)C.COc1ccc(CNCc2cccc(O)c2F)c(OC)c1. The second-order valence-electron chi connectivity index (χ2n) is 6.33. The maximum Gasteiger partial charge on any atom is 0.169 e. The first kappa shape index (κ1) is 21.8. The molecule has 144 valence electrons. The monoisotopic (exact) mass is 363 g/mol. The summed E-state index contributed by atoms with van der Waals surface area (Å²) in [6.45, 7) is 7.47. The number of phenols is 1. The Morgan fingerprint density at radius 3 is 2.27 bits per heavy atom. The Bertz CT molecular complexity index is 674. The molecule has 0 atom stereocenters. The minimum atomic E-state index is -0.591. The third kappa shape index (κ3) is 6.92. The maximum atomic E-state index is 13.6. The summed E-state index contributed by atoms with van der Waals surface area (Å²) in [5.41, 5.74) is 1.36. The van der Waals surface area contributed by atoms with Crippen LogP contribution in [0.25, 0.3) is 0 Å². The number of hydrogen-bond acceptors (Lipinski definition) is 4. The smallest absolute Gasteiger partial charge is 0.169 e. The lowest BCUT2D eigenvalue weighted by Crippen LogP contribution is -2.14. The lowest BCUT2D eigenvalue weighted by molar-refractivity contribution is 0.389. The highest BCUT2D eigenvalue weighted by atomic mass is 19.1. The lowest BCUT2D eigenvalue weighted by Gasteiger charge is -2.12. The second kappa shape index (κ2) is 11.4. The van der Waals surface area contributed by atoms with Crippen molar-refractivity contribution in [3.63, 3.8) is 0 Å². The van der Waals surface area contributed by atoms with Crippen molar-refractivity contribution in [2.24, 2.45) is 5.92 Å². The van der Waals surface area contributed by atoms with E-state index in [9.17, 15) is 9.50 Å². The van der Waals surface area contributed by atoms with Crippen LogP contribution in [0.2, 0.25) is 0 Å². The molecule has 2 aromatic carbocycles. The van der Waals surface area contributed by atoms with Crippen LogP contribution in [0.4, 0.5) is 4.39 Å². The van der Waals surface area contributed by atoms with E-state index in [-0.39, 0.29) is 5.75 Å². The molecule has 2 rings (SSSR count). The first-order chi connectivity index (χ1) is 12.4. The van der Waals surface area contributed by atoms with E-state index in [1.165, 1.54) is 12.5 Å². The van der Waals surface area contributed by atoms with Gasteiger partial charge in [-0.3, -0.25) is 0 Å². The molecule has 0 aliphatic heterocycles. The van der Waals surface area contributed by atoms with Gasteiger partial charge in [0.2, 0.25) is 0 Å². The molecule has 5 heteroatoms. The molecule has 0 amide bonds. The Kier molecular flexibility index (Phi) is 9.52. The number of rotatable bonds is 7. The summed E-state index contributed by atoms with van der Waals surface area (Å²) in [6, 6.07) is 10.1. The maximum absolute atomic E-state index is 13.6. The van der Waals surface area contributed by atoms with Crippen LogP contribution in [-0.2, 0) is 13.1 Å². The van der Waals surface area contributed by atoms with Crippen molar-refractivity contribution in [1.29, 1.82) is 0 Å². The summed E-state index contributed by atoms with van der Waals surface area (Å²) in [5.74, 6) is 1.38. The van der Waals surface area contributed by atoms with Gasteiger partial charge in [-0.05, 0) is 18.1 Å². The molecule has 0 aliphatic rings. The van der Waals surface area contributed by atoms with Gasteiger partial charge in [0, 0.05) is 30.3 Å². The minimum absolute atomic E-state index is 0.315. The Morgan fingerprint density at radius 2 is 1.69 bits per heavy atom. The topological polar surface area (TPSA) is 50.7 Å². The van der Waals surface area contributed by atoms with E-state index in [1.54, 1.807) is 32.4 Å². The highest BCUT2D eigenvalue weighted by Gasteiger charge is 2.08. The second-order valence-corrected chi connectivity index (χ2v) is 6.33. The molecule has 0 fully saturated rings. The number of phenolic OH excluding ortho intramolecular Hbond substituents is 1. The molecule has 0 radical (unpaired) electrons. The summed E-state index contributed by atoms with van der Waals surface area (Å²) in [5, 5.41) is 12.4. The van der Waals surface area contributed by atoms with Gasteiger partial charge in [-0.15, -0.1) is 0 Å². The normalized spacial score (nSPS) is 10.3. The van der Waals surface area contributed by atoms with Gasteiger partial charge in [-0.25, -0.2) is 4.39 Å². The molecule has 0 aromatic heterocycles. The predicted molar refractivity (Wildman–Crippen MR) is 103 cm³/mol. The lowest BCUT2D eigenvalue weighted by atomic mass is 10.1. The van der Waals surface area contributed by atoms with Crippen LogP contribution in [0.5, 0.6) is 17.2 Å². The summed E-state index contributed by atoms with van der Waals surface area (Å²) in [4.78, 5) is 0. The Labute approximate surface area is 156 Å². The molecule has 0 saturated carbocycles. The number of hydrogen-bond donors (Lipinski definition) is 2. The van der Waals surface area contributed by atoms with Crippen molar-refractivity contribution in [2.45, 2.75) is 40.3 Å². The summed E-state index contributed by atoms with van der Waals surface area (Å²) in [6.07, 6.45) is 1.31. The zero-order chi connectivity index (χ0) is 19.5. The highest BCUT2D eigenvalue weighted by Crippen LogP contribution is 2.24. The van der Waals surface area contributed by atoms with Crippen molar-refractivity contribution < 1.29 is 19.0 Å². The summed E-state index contributed by atoms with van der Waals surface area (Å²) < 4.78 is 24.1. The fourth-order valence-electron chi connectivity index (χ4n) is 2.03. The van der Waals surface area contributed by atoms with Crippen LogP contribution in [0.15, 0.2) is 36.4 Å². The fourth-order valence-corrected chi connectivity index (χ4v) is 2.03. The number of nitrogens with one attached hydrogen (secondary N) is 1. The molecule has 4 nitrogen and oxygen atoms in total. The van der Waals surface area contributed by atoms with Crippen LogP contribution in [0.3, 0.4) is 0 Å². The van der Waals surface area contributed by atoms with E-state index in [2.05, 4.69) is 26.1 Å². The molecule has 0 unspecified atom stereocenters. The average Bonchev–Trinajstić information content (AvgIpc) is 2.65. The van der Waals surface area contributed by atoms with Gasteiger partial charge in [-0.2, -0.15) is 0 Å². The van der Waals surface area contributed by atoms with Crippen molar-refractivity contribution in [2.75, 3.05) is 14.2 Å². The minimum Gasteiger partial charge on any atom is -0.505 e. The van der Waals surface area contributed by atoms with Crippen LogP contribution >= 0.6 is 0 Å². The molecule has 0 bridgehead atoms. The van der Waals surface area contributed by atoms with Crippen molar-refractivity contribution in [3.05, 3.63) is 53.3 Å². The zero-order valence-electron chi connectivity index (χ0n) is 16.3. The number of ether oxygens (including phenoxy) is 2. The zero-order valence-corrected chi connectivity index (χ0v) is 16.3. The third-order valence-corrected chi connectivity index (χ3v) is 4.00. The van der Waals surface area contributed by atoms with Crippen LogP contribution in [0.1, 0.15) is 38.3 Å². The van der Waals surface area contributed by atoms with Gasteiger partial charge in [0.1, 0.15) is 11.5 Å². The Balaban J connectivity index is 0.000000597. The molecule has 26 heavy (non-hydrogen) atoms. The quantitative estimate of drug-likeness (QED) is 0.735. The van der Waals surface area contributed by atoms with Gasteiger partial charge < -0.3 is 19.9 Å². The number of aromatic hydroxyl groups is 1. The van der Waals surface area contributed by atoms with Gasteiger partial charge >= 0.3 is 0 Å². The molecular formula is C21H30FNO3. The molecule has 0 aliphatic carbocycles. The Hall–Kier alpha value is -2.27. The van der Waals surface area contributed by atoms with E-state index in [1.807, 2.05) is 12.1 Å². The van der Waals surface area contributed by atoms with E-state index in [0.717, 1.165) is 17.2 Å². The molecular weight excluding hydrogens is 333 g/mol. The van der Waals surface area contributed by atoms with E-state index in [0.29, 0.717) is 24.4 Å². The molecule has 2 aromatic rings. The molecule has 2 N–H and O–H groups in total. The number of halogens is 1. The summed E-state index contributed by atoms with van der Waals surface area (Å²) >= 11 is 0. The average molecular weight is 363 g/mol. The fraction of sp³-hybridized carbons (Fsp3) is 0.429. The first-order valence-corrected chi connectivity index (χ1v) is 8.80. The van der Waals surface area contributed by atoms with Crippen LogP contribution in [0, 0.1) is 11.7 Å². The number of benzene rings is 2. The molecule has 0 spiro atoms. The van der Waals surface area contributed by atoms with Gasteiger partial charge in [-0.1, -0.05) is 45.4 Å². The standard InChI is InChI=1S/C16H18FNO3.C5H12/c1-20-13-7-6-11(15(8-13)21-2)9-18-10-12-4-3-5-14(19)16(12)17;1-4-5(2)3/h3-8,18-19H,9-10H2,1-2H3;5H,4H2,1-3H3. The molecule has 0 saturated heterocycles. The van der Waals surface area contributed by atoms with Gasteiger partial charge in [0.25, 0.3) is 0 Å². The number of methoxy groups -OCH3 is 2. The predicted octanol–water partition coefficient (Wildman–Crippen LogP) is 4.89. The van der Waals surface area contributed by atoms with E-state index in [4.69, 9.17) is 9.47 Å². The molecule has 0 heterocycles. The van der Waals surface area contributed by atoms with E-state index < -0.39 is 5.82 Å². The van der Waals surface area contributed by atoms with Crippen LogP contribution in [-0.4, -0.2) is 19.3 Å². The largest absolute Gasteiger partial charge is 0.505 e. The van der Waals surface area contributed by atoms with Crippen molar-refractivity contribution in [3.8, 4) is 17.2 Å². The van der Waals surface area contributed by atoms with Crippen molar-refractivity contribution >= 4 is 0 Å². The third-order valence-electron chi connectivity index (χ3n) is 4.00. The van der Waals surface area contributed by atoms with Gasteiger partial charge in [0.05, 0.1) is 14.2 Å². The van der Waals surface area contributed by atoms with Crippen molar-refractivity contribution in [1.82, 2.24) is 5.32 Å².